The van der Waals surface area contributed by atoms with E-state index in [0.29, 0.717) is 22.7 Å². The zero-order chi connectivity index (χ0) is 18.4. The second-order valence-electron chi connectivity index (χ2n) is 5.59. The van der Waals surface area contributed by atoms with Crippen LogP contribution < -0.4 is 20.3 Å². The Morgan fingerprint density at radius 2 is 1.50 bits per heavy atom. The first-order valence-electron chi connectivity index (χ1n) is 8.15. The first-order valence-corrected chi connectivity index (χ1v) is 8.15. The number of hydrazine groups is 1. The van der Waals surface area contributed by atoms with Crippen molar-refractivity contribution < 1.29 is 14.3 Å². The van der Waals surface area contributed by atoms with Gasteiger partial charge in [0.05, 0.1) is 19.9 Å². The van der Waals surface area contributed by atoms with Crippen LogP contribution in [0.2, 0.25) is 0 Å². The molecule has 0 saturated carbocycles. The Hall–Kier alpha value is -3.47. The van der Waals surface area contributed by atoms with E-state index in [1.165, 1.54) is 0 Å². The molecular formula is C21H20N2O3. The fourth-order valence-corrected chi connectivity index (χ4v) is 2.55. The molecule has 5 heteroatoms. The van der Waals surface area contributed by atoms with Crippen molar-refractivity contribution in [2.45, 2.75) is 0 Å². The lowest BCUT2D eigenvalue weighted by Crippen LogP contribution is -2.29. The third-order valence-electron chi connectivity index (χ3n) is 3.97. The highest BCUT2D eigenvalue weighted by molar-refractivity contribution is 5.95. The van der Waals surface area contributed by atoms with E-state index in [0.717, 1.165) is 11.1 Å². The Morgan fingerprint density at radius 3 is 2.15 bits per heavy atom. The van der Waals surface area contributed by atoms with Crippen LogP contribution in [-0.4, -0.2) is 20.1 Å². The number of methoxy groups -OCH3 is 2. The molecule has 0 aromatic heterocycles. The standard InChI is InChI=1S/C21H20N2O3/c1-25-18-12-13-20(26-2)19(14-18)22-23-21(24)17-10-8-16(9-11-17)15-6-4-3-5-7-15/h3-14,22H,1-2H3,(H,23,24). The molecule has 3 rings (SSSR count). The molecule has 0 saturated heterocycles. The normalized spacial score (nSPS) is 10.1. The zero-order valence-electron chi connectivity index (χ0n) is 14.7. The second-order valence-corrected chi connectivity index (χ2v) is 5.59. The lowest BCUT2D eigenvalue weighted by Gasteiger charge is -2.13. The van der Waals surface area contributed by atoms with E-state index >= 15 is 0 Å². The van der Waals surface area contributed by atoms with Crippen LogP contribution in [0.15, 0.2) is 72.8 Å². The van der Waals surface area contributed by atoms with Crippen LogP contribution >= 0.6 is 0 Å². The van der Waals surface area contributed by atoms with Gasteiger partial charge in [-0.15, -0.1) is 0 Å². The maximum absolute atomic E-state index is 12.4. The summed E-state index contributed by atoms with van der Waals surface area (Å²) in [6.07, 6.45) is 0. The number of amides is 1. The molecule has 3 aromatic rings. The molecule has 1 amide bonds. The molecule has 0 aliphatic rings. The predicted molar refractivity (Wildman–Crippen MR) is 103 cm³/mol. The summed E-state index contributed by atoms with van der Waals surface area (Å²) < 4.78 is 10.5. The average molecular weight is 348 g/mol. The van der Waals surface area contributed by atoms with Crippen molar-refractivity contribution in [2.24, 2.45) is 0 Å². The van der Waals surface area contributed by atoms with Crippen molar-refractivity contribution in [3.8, 4) is 22.6 Å². The maximum Gasteiger partial charge on any atom is 0.269 e. The maximum atomic E-state index is 12.4. The highest BCUT2D eigenvalue weighted by Crippen LogP contribution is 2.28. The van der Waals surface area contributed by atoms with Crippen molar-refractivity contribution in [3.05, 3.63) is 78.4 Å². The van der Waals surface area contributed by atoms with Crippen molar-refractivity contribution in [1.29, 1.82) is 0 Å². The summed E-state index contributed by atoms with van der Waals surface area (Å²) in [6, 6.07) is 22.8. The highest BCUT2D eigenvalue weighted by atomic mass is 16.5. The molecule has 0 aliphatic heterocycles. The minimum atomic E-state index is -0.241. The third-order valence-corrected chi connectivity index (χ3v) is 3.97. The molecule has 0 fully saturated rings. The van der Waals surface area contributed by atoms with Gasteiger partial charge in [-0.25, -0.2) is 0 Å². The van der Waals surface area contributed by atoms with Gasteiger partial charge in [0.1, 0.15) is 11.5 Å². The number of anilines is 1. The summed E-state index contributed by atoms with van der Waals surface area (Å²) >= 11 is 0. The molecule has 3 aromatic carbocycles. The number of hydrogen-bond donors (Lipinski definition) is 2. The molecule has 0 atom stereocenters. The van der Waals surface area contributed by atoms with Gasteiger partial charge in [-0.05, 0) is 35.4 Å². The predicted octanol–water partition coefficient (Wildman–Crippen LogP) is 4.13. The lowest BCUT2D eigenvalue weighted by atomic mass is 10.0. The molecule has 0 radical (unpaired) electrons. The first kappa shape index (κ1) is 17.4. The van der Waals surface area contributed by atoms with Crippen LogP contribution in [0.25, 0.3) is 11.1 Å². The Kier molecular flexibility index (Phi) is 5.39. The van der Waals surface area contributed by atoms with Gasteiger partial charge in [-0.3, -0.25) is 15.6 Å². The van der Waals surface area contributed by atoms with Crippen LogP contribution in [0, 0.1) is 0 Å². The number of rotatable bonds is 6. The van der Waals surface area contributed by atoms with Crippen LogP contribution in [0.5, 0.6) is 11.5 Å². The summed E-state index contributed by atoms with van der Waals surface area (Å²) in [4.78, 5) is 12.4. The van der Waals surface area contributed by atoms with Crippen LogP contribution in [0.1, 0.15) is 10.4 Å². The van der Waals surface area contributed by atoms with Crippen molar-refractivity contribution >= 4 is 11.6 Å². The minimum Gasteiger partial charge on any atom is -0.497 e. The summed E-state index contributed by atoms with van der Waals surface area (Å²) in [6.45, 7) is 0. The van der Waals surface area contributed by atoms with Gasteiger partial charge >= 0.3 is 0 Å². The van der Waals surface area contributed by atoms with E-state index in [4.69, 9.17) is 9.47 Å². The van der Waals surface area contributed by atoms with Crippen molar-refractivity contribution in [3.63, 3.8) is 0 Å². The van der Waals surface area contributed by atoms with Crippen molar-refractivity contribution in [1.82, 2.24) is 5.43 Å². The number of ether oxygens (including phenoxy) is 2. The molecule has 5 nitrogen and oxygen atoms in total. The average Bonchev–Trinajstić information content (AvgIpc) is 2.72. The zero-order valence-corrected chi connectivity index (χ0v) is 14.7. The van der Waals surface area contributed by atoms with Gasteiger partial charge in [0, 0.05) is 11.6 Å². The molecule has 0 aliphatic carbocycles. The van der Waals surface area contributed by atoms with Gasteiger partial charge in [-0.2, -0.15) is 0 Å². The Labute approximate surface area is 152 Å². The summed E-state index contributed by atoms with van der Waals surface area (Å²) in [5.74, 6) is 1.02. The van der Waals surface area contributed by atoms with Gasteiger partial charge in [0.2, 0.25) is 0 Å². The summed E-state index contributed by atoms with van der Waals surface area (Å²) in [5, 5.41) is 0. The first-order chi connectivity index (χ1) is 12.7. The number of carbonyl (C=O) groups is 1. The highest BCUT2D eigenvalue weighted by Gasteiger charge is 2.09. The fourth-order valence-electron chi connectivity index (χ4n) is 2.55. The van der Waals surface area contributed by atoms with E-state index in [1.54, 1.807) is 44.6 Å². The molecule has 0 heterocycles. The topological polar surface area (TPSA) is 59.6 Å². The van der Waals surface area contributed by atoms with Gasteiger partial charge < -0.3 is 9.47 Å². The summed E-state index contributed by atoms with van der Waals surface area (Å²) in [5.41, 5.74) is 8.89. The largest absolute Gasteiger partial charge is 0.497 e. The van der Waals surface area contributed by atoms with Gasteiger partial charge in [0.15, 0.2) is 0 Å². The lowest BCUT2D eigenvalue weighted by molar-refractivity contribution is 0.0962. The molecule has 2 N–H and O–H groups in total. The quantitative estimate of drug-likeness (QED) is 0.658. The van der Waals surface area contributed by atoms with E-state index in [1.807, 2.05) is 42.5 Å². The summed E-state index contributed by atoms with van der Waals surface area (Å²) in [7, 11) is 3.15. The van der Waals surface area contributed by atoms with Gasteiger partial charge in [-0.1, -0.05) is 42.5 Å². The monoisotopic (exact) mass is 348 g/mol. The second kappa shape index (κ2) is 8.07. The Bertz CT molecular complexity index is 878. The Balaban J connectivity index is 1.69. The van der Waals surface area contributed by atoms with E-state index in [2.05, 4.69) is 10.9 Å². The fraction of sp³-hybridized carbons (Fsp3) is 0.0952. The van der Waals surface area contributed by atoms with Crippen LogP contribution in [0.3, 0.4) is 0 Å². The molecule has 0 unspecified atom stereocenters. The van der Waals surface area contributed by atoms with E-state index in [9.17, 15) is 4.79 Å². The number of hydrogen-bond acceptors (Lipinski definition) is 4. The van der Waals surface area contributed by atoms with Crippen LogP contribution in [-0.2, 0) is 0 Å². The third kappa shape index (κ3) is 3.95. The Morgan fingerprint density at radius 1 is 0.808 bits per heavy atom. The van der Waals surface area contributed by atoms with E-state index in [-0.39, 0.29) is 5.91 Å². The van der Waals surface area contributed by atoms with Gasteiger partial charge in [0.25, 0.3) is 5.91 Å². The molecule has 26 heavy (non-hydrogen) atoms. The molecule has 0 spiro atoms. The molecule has 132 valence electrons. The molecular weight excluding hydrogens is 328 g/mol. The van der Waals surface area contributed by atoms with Crippen LogP contribution in [0.4, 0.5) is 5.69 Å². The smallest absolute Gasteiger partial charge is 0.269 e. The minimum absolute atomic E-state index is 0.241. The van der Waals surface area contributed by atoms with E-state index < -0.39 is 0 Å². The number of nitrogens with one attached hydrogen (secondary N) is 2. The number of carbonyl (C=O) groups excluding carboxylic acids is 1. The van der Waals surface area contributed by atoms with Crippen molar-refractivity contribution in [2.75, 3.05) is 19.6 Å². The molecule has 0 bridgehead atoms. The SMILES string of the molecule is COc1ccc(OC)c(NNC(=O)c2ccc(-c3ccccc3)cc2)c1. The number of benzene rings is 3.